The van der Waals surface area contributed by atoms with Gasteiger partial charge in [-0.2, -0.15) is 0 Å². The number of rotatable bonds is 16. The summed E-state index contributed by atoms with van der Waals surface area (Å²) >= 11 is 0. The lowest BCUT2D eigenvalue weighted by atomic mass is 10.0. The lowest BCUT2D eigenvalue weighted by molar-refractivity contribution is -0.158. The molecule has 0 spiro atoms. The molecule has 0 rings (SSSR count). The molecule has 0 aromatic carbocycles. The van der Waals surface area contributed by atoms with Gasteiger partial charge in [0.25, 0.3) is 0 Å². The molecule has 0 bridgehead atoms. The second-order valence-electron chi connectivity index (χ2n) is 6.03. The van der Waals surface area contributed by atoms with Gasteiger partial charge in [-0.25, -0.2) is 4.79 Å². The Morgan fingerprint density at radius 2 is 1.36 bits per heavy atom. The average molecular weight is 318 g/mol. The Morgan fingerprint density at radius 1 is 0.864 bits per heavy atom. The predicted octanol–water partition coefficient (Wildman–Crippen LogP) is 3.39. The second kappa shape index (κ2) is 14.0. The van der Waals surface area contributed by atoms with Crippen molar-refractivity contribution < 1.29 is 24.5 Å². The van der Waals surface area contributed by atoms with Crippen molar-refractivity contribution >= 4 is 5.97 Å². The van der Waals surface area contributed by atoms with E-state index >= 15 is 0 Å². The highest BCUT2D eigenvalue weighted by Gasteiger charge is 2.29. The Kier molecular flexibility index (Phi) is 13.6. The minimum Gasteiger partial charge on any atom is -0.479 e. The number of carboxylic acids is 1. The third-order valence-corrected chi connectivity index (χ3v) is 3.71. The van der Waals surface area contributed by atoms with E-state index in [9.17, 15) is 9.90 Å². The summed E-state index contributed by atoms with van der Waals surface area (Å²) in [5, 5.41) is 18.2. The molecule has 0 aromatic rings. The molecule has 132 valence electrons. The third-order valence-electron chi connectivity index (χ3n) is 3.71. The molecule has 5 nitrogen and oxygen atoms in total. The van der Waals surface area contributed by atoms with Crippen molar-refractivity contribution in [2.24, 2.45) is 0 Å². The summed E-state index contributed by atoms with van der Waals surface area (Å²) in [6.07, 6.45) is 10.4. The summed E-state index contributed by atoms with van der Waals surface area (Å²) in [5.41, 5.74) is -1.71. The number of hydrogen-bond donors (Lipinski definition) is 2. The lowest BCUT2D eigenvalue weighted by Crippen LogP contribution is -2.36. The maximum absolute atomic E-state index is 10.7. The van der Waals surface area contributed by atoms with Crippen molar-refractivity contribution in [1.29, 1.82) is 0 Å². The Labute approximate surface area is 135 Å². The first kappa shape index (κ1) is 21.4. The van der Waals surface area contributed by atoms with Crippen LogP contribution in [0.5, 0.6) is 0 Å². The van der Waals surface area contributed by atoms with Crippen molar-refractivity contribution in [2.45, 2.75) is 77.2 Å². The summed E-state index contributed by atoms with van der Waals surface area (Å²) in [6.45, 7) is 5.44. The number of aliphatic hydroxyl groups is 1. The minimum absolute atomic E-state index is 0.0837. The summed E-state index contributed by atoms with van der Waals surface area (Å²) in [4.78, 5) is 10.7. The van der Waals surface area contributed by atoms with Gasteiger partial charge in [0.2, 0.25) is 0 Å². The first-order valence-electron chi connectivity index (χ1n) is 8.62. The first-order valence-corrected chi connectivity index (χ1v) is 8.62. The summed E-state index contributed by atoms with van der Waals surface area (Å²) in [5.74, 6) is -1.22. The highest BCUT2D eigenvalue weighted by atomic mass is 16.5. The van der Waals surface area contributed by atoms with Gasteiger partial charge in [0.15, 0.2) is 5.60 Å². The number of aliphatic carboxylic acids is 1. The molecule has 0 saturated carbocycles. The number of unbranched alkanes of at least 4 members (excludes halogenated alkanes) is 7. The Balaban J connectivity index is 3.16. The molecule has 0 heterocycles. The molecular weight excluding hydrogens is 284 g/mol. The summed E-state index contributed by atoms with van der Waals surface area (Å²) in [7, 11) is 0. The second-order valence-corrected chi connectivity index (χ2v) is 6.03. The summed E-state index contributed by atoms with van der Waals surface area (Å²) in [6, 6.07) is 0. The fourth-order valence-electron chi connectivity index (χ4n) is 2.04. The number of carbonyl (C=O) groups is 1. The molecule has 0 aromatic heterocycles. The minimum atomic E-state index is -1.71. The molecule has 0 amide bonds. The van der Waals surface area contributed by atoms with E-state index in [1.54, 1.807) is 0 Å². The topological polar surface area (TPSA) is 76.0 Å². The van der Waals surface area contributed by atoms with E-state index in [0.717, 1.165) is 13.0 Å². The van der Waals surface area contributed by atoms with Gasteiger partial charge in [0, 0.05) is 19.6 Å². The molecule has 0 aliphatic carbocycles. The Morgan fingerprint density at radius 3 is 1.91 bits per heavy atom. The van der Waals surface area contributed by atoms with Crippen LogP contribution in [-0.4, -0.2) is 48.2 Å². The standard InChI is InChI=1S/C17H34O5/c1-3-4-5-6-7-8-9-10-12-21-14-15-22-13-11-17(2,20)16(18)19/h20H,3-15H2,1-2H3,(H,18,19). The maximum Gasteiger partial charge on any atom is 0.335 e. The first-order chi connectivity index (χ1) is 10.5. The number of carboxylic acid groups (broad SMARTS) is 1. The lowest BCUT2D eigenvalue weighted by Gasteiger charge is -2.17. The fourth-order valence-corrected chi connectivity index (χ4v) is 2.04. The van der Waals surface area contributed by atoms with Crippen LogP contribution in [0.4, 0.5) is 0 Å². The van der Waals surface area contributed by atoms with Crippen molar-refractivity contribution in [1.82, 2.24) is 0 Å². The summed E-state index contributed by atoms with van der Waals surface area (Å²) < 4.78 is 10.7. The smallest absolute Gasteiger partial charge is 0.335 e. The van der Waals surface area contributed by atoms with Crippen LogP contribution in [0.1, 0.15) is 71.6 Å². The molecule has 0 radical (unpaired) electrons. The molecule has 0 fully saturated rings. The van der Waals surface area contributed by atoms with E-state index in [-0.39, 0.29) is 13.0 Å². The predicted molar refractivity (Wildman–Crippen MR) is 87.1 cm³/mol. The van der Waals surface area contributed by atoms with Crippen LogP contribution < -0.4 is 0 Å². The normalized spacial score (nSPS) is 14.0. The van der Waals surface area contributed by atoms with E-state index < -0.39 is 11.6 Å². The fraction of sp³-hybridized carbons (Fsp3) is 0.941. The molecule has 2 N–H and O–H groups in total. The number of hydrogen-bond acceptors (Lipinski definition) is 4. The van der Waals surface area contributed by atoms with Gasteiger partial charge in [-0.3, -0.25) is 0 Å². The highest BCUT2D eigenvalue weighted by molar-refractivity contribution is 5.76. The van der Waals surface area contributed by atoms with E-state index in [0.29, 0.717) is 13.2 Å². The van der Waals surface area contributed by atoms with Gasteiger partial charge >= 0.3 is 5.97 Å². The van der Waals surface area contributed by atoms with Crippen LogP contribution in [0.2, 0.25) is 0 Å². The van der Waals surface area contributed by atoms with E-state index in [1.165, 1.54) is 51.9 Å². The molecule has 1 unspecified atom stereocenters. The van der Waals surface area contributed by atoms with Gasteiger partial charge in [0.1, 0.15) is 0 Å². The molecule has 0 aliphatic heterocycles. The van der Waals surface area contributed by atoms with Crippen molar-refractivity contribution in [3.8, 4) is 0 Å². The van der Waals surface area contributed by atoms with Crippen LogP contribution in [0.3, 0.4) is 0 Å². The molecule has 5 heteroatoms. The van der Waals surface area contributed by atoms with Gasteiger partial charge < -0.3 is 19.7 Å². The van der Waals surface area contributed by atoms with Gasteiger partial charge in [0.05, 0.1) is 13.2 Å². The van der Waals surface area contributed by atoms with Crippen LogP contribution >= 0.6 is 0 Å². The van der Waals surface area contributed by atoms with E-state index in [2.05, 4.69) is 6.92 Å². The largest absolute Gasteiger partial charge is 0.479 e. The molecule has 22 heavy (non-hydrogen) atoms. The van der Waals surface area contributed by atoms with Gasteiger partial charge in [-0.15, -0.1) is 0 Å². The van der Waals surface area contributed by atoms with Crippen LogP contribution in [0.15, 0.2) is 0 Å². The Bertz CT molecular complexity index is 266. The van der Waals surface area contributed by atoms with Crippen molar-refractivity contribution in [3.63, 3.8) is 0 Å². The molecular formula is C17H34O5. The zero-order valence-corrected chi connectivity index (χ0v) is 14.3. The van der Waals surface area contributed by atoms with E-state index in [1.807, 2.05) is 0 Å². The van der Waals surface area contributed by atoms with Crippen LogP contribution in [0.25, 0.3) is 0 Å². The van der Waals surface area contributed by atoms with Crippen molar-refractivity contribution in [2.75, 3.05) is 26.4 Å². The maximum atomic E-state index is 10.7. The highest BCUT2D eigenvalue weighted by Crippen LogP contribution is 2.09. The molecule has 0 aliphatic rings. The van der Waals surface area contributed by atoms with Crippen LogP contribution in [-0.2, 0) is 14.3 Å². The van der Waals surface area contributed by atoms with Crippen molar-refractivity contribution in [3.05, 3.63) is 0 Å². The molecule has 1 atom stereocenters. The average Bonchev–Trinajstić information content (AvgIpc) is 2.47. The van der Waals surface area contributed by atoms with E-state index in [4.69, 9.17) is 14.6 Å². The van der Waals surface area contributed by atoms with Crippen LogP contribution in [0, 0.1) is 0 Å². The quantitative estimate of drug-likeness (QED) is 0.427. The molecule has 0 saturated heterocycles. The zero-order valence-electron chi connectivity index (χ0n) is 14.3. The monoisotopic (exact) mass is 318 g/mol. The zero-order chi connectivity index (χ0) is 16.7. The SMILES string of the molecule is CCCCCCCCCCOCCOCCC(C)(O)C(=O)O. The third kappa shape index (κ3) is 13.0. The van der Waals surface area contributed by atoms with Gasteiger partial charge in [-0.1, -0.05) is 51.9 Å². The van der Waals surface area contributed by atoms with Gasteiger partial charge in [-0.05, 0) is 13.3 Å². The Hall–Kier alpha value is -0.650. The number of ether oxygens (including phenoxy) is 2.